The summed E-state index contributed by atoms with van der Waals surface area (Å²) in [5, 5.41) is 10.3. The number of furan rings is 1. The topological polar surface area (TPSA) is 23.0 Å². The molecule has 9 rings (SSSR count). The van der Waals surface area contributed by atoms with Gasteiger partial charge in [-0.2, -0.15) is 0 Å². The van der Waals surface area contributed by atoms with Crippen molar-refractivity contribution in [3.05, 3.63) is 142 Å². The summed E-state index contributed by atoms with van der Waals surface area (Å²) in [7, 11) is 0. The van der Waals surface area contributed by atoms with Gasteiger partial charge in [-0.15, -0.1) is 0 Å². The number of aromatic nitrogens is 2. The first-order valence-corrected chi connectivity index (χ1v) is 16.2. The molecule has 0 aliphatic rings. The Balaban J connectivity index is 1.57. The summed E-state index contributed by atoms with van der Waals surface area (Å²) < 4.78 is 12.6. The molecule has 45 heavy (non-hydrogen) atoms. The first-order valence-electron chi connectivity index (χ1n) is 15.1. The molecule has 0 amide bonds. The van der Waals surface area contributed by atoms with Crippen LogP contribution in [0, 0.1) is 3.57 Å². The Morgan fingerprint density at radius 3 is 2.04 bits per heavy atom. The fourth-order valence-corrected chi connectivity index (χ4v) is 7.55. The molecule has 214 valence electrons. The van der Waals surface area contributed by atoms with E-state index in [9.17, 15) is 0 Å². The molecule has 3 aromatic heterocycles. The lowest BCUT2D eigenvalue weighted by molar-refractivity contribution is 0.666. The minimum atomic E-state index is 0.888. The van der Waals surface area contributed by atoms with Gasteiger partial charge in [0.15, 0.2) is 5.58 Å². The Morgan fingerprint density at radius 2 is 1.29 bits per heavy atom. The van der Waals surface area contributed by atoms with E-state index in [1.54, 1.807) is 0 Å². The van der Waals surface area contributed by atoms with Crippen LogP contribution in [0.2, 0.25) is 0 Å². The van der Waals surface area contributed by atoms with Crippen molar-refractivity contribution in [1.82, 2.24) is 9.13 Å². The summed E-state index contributed by atoms with van der Waals surface area (Å²) in [4.78, 5) is 0. The molecule has 3 heterocycles. The molecule has 0 N–H and O–H groups in total. The van der Waals surface area contributed by atoms with Crippen molar-refractivity contribution in [3.63, 3.8) is 0 Å². The van der Waals surface area contributed by atoms with Gasteiger partial charge in [0.05, 0.1) is 27.6 Å². The maximum Gasteiger partial charge on any atom is 0.159 e. The fraction of sp³-hybridized carbons (Fsp3) is 0.0244. The molecule has 4 heteroatoms. The van der Waals surface area contributed by atoms with E-state index >= 15 is 0 Å². The number of para-hydroxylation sites is 3. The Morgan fingerprint density at radius 1 is 0.644 bits per heavy atom. The Bertz CT molecular complexity index is 2790. The van der Waals surface area contributed by atoms with Gasteiger partial charge >= 0.3 is 0 Å². The number of nitrogens with zero attached hydrogens (tertiary/aromatic N) is 2. The Hall–Kier alpha value is -5.07. The molecule has 0 saturated carbocycles. The third kappa shape index (κ3) is 3.69. The van der Waals surface area contributed by atoms with Gasteiger partial charge in [0.2, 0.25) is 0 Å². The van der Waals surface area contributed by atoms with Crippen LogP contribution in [0.5, 0.6) is 0 Å². The summed E-state index contributed by atoms with van der Waals surface area (Å²) in [6, 6.07) is 41.1. The van der Waals surface area contributed by atoms with Gasteiger partial charge in [0, 0.05) is 52.2 Å². The van der Waals surface area contributed by atoms with Crippen LogP contribution in [0.1, 0.15) is 6.92 Å². The molecule has 9 aromatic rings. The molecular weight excluding hydrogens is 663 g/mol. The molecule has 0 bridgehead atoms. The summed E-state index contributed by atoms with van der Waals surface area (Å²) in [6.07, 6.45) is 6.37. The molecule has 0 atom stereocenters. The molecule has 0 radical (unpaired) electrons. The highest BCUT2D eigenvalue weighted by Crippen LogP contribution is 2.43. The van der Waals surface area contributed by atoms with Gasteiger partial charge in [-0.25, -0.2) is 0 Å². The van der Waals surface area contributed by atoms with E-state index in [2.05, 4.69) is 166 Å². The number of rotatable bonds is 3. The highest BCUT2D eigenvalue weighted by molar-refractivity contribution is 14.1. The largest absolute Gasteiger partial charge is 0.454 e. The van der Waals surface area contributed by atoms with Crippen LogP contribution >= 0.6 is 22.6 Å². The number of benzene rings is 6. The number of halogens is 1. The van der Waals surface area contributed by atoms with E-state index < -0.39 is 0 Å². The van der Waals surface area contributed by atoms with Gasteiger partial charge in [-0.05, 0) is 78.1 Å². The predicted octanol–water partition coefficient (Wildman–Crippen LogP) is 10.2. The summed E-state index contributed by atoms with van der Waals surface area (Å²) in [5.41, 5.74) is 7.40. The van der Waals surface area contributed by atoms with Crippen LogP contribution < -0.4 is 10.6 Å². The van der Waals surface area contributed by atoms with E-state index in [0.717, 1.165) is 54.9 Å². The molecule has 6 aromatic carbocycles. The second-order valence-electron chi connectivity index (χ2n) is 11.5. The highest BCUT2D eigenvalue weighted by Gasteiger charge is 2.24. The van der Waals surface area contributed by atoms with Gasteiger partial charge in [0.1, 0.15) is 5.58 Å². The molecule has 0 saturated heterocycles. The number of fused-ring (bicyclic) bond motifs is 11. The predicted molar refractivity (Wildman–Crippen MR) is 199 cm³/mol. The van der Waals surface area contributed by atoms with Crippen LogP contribution in [0.15, 0.2) is 132 Å². The van der Waals surface area contributed by atoms with Crippen molar-refractivity contribution in [2.24, 2.45) is 0 Å². The standard InChI is InChI=1S/C41H27IN2O/c1-3-4-17-33-25(2)37-38-32-15-7-9-18-34(32)44(35-19-11-16-31-28-12-8-10-20-36(28)45-41(31)35)40(38)30-14-6-5-13-29(30)39(37)43(33)27-23-21-26(42)22-24-27/h3-24H,2H2,1H3/b4-3-,33-17+. The molecule has 0 spiro atoms. The quantitative estimate of drug-likeness (QED) is 0.169. The van der Waals surface area contributed by atoms with Gasteiger partial charge in [-0.1, -0.05) is 91.5 Å². The van der Waals surface area contributed by atoms with Crippen LogP contribution in [0.3, 0.4) is 0 Å². The minimum absolute atomic E-state index is 0.888. The van der Waals surface area contributed by atoms with Crippen LogP contribution in [-0.4, -0.2) is 9.13 Å². The lowest BCUT2D eigenvalue weighted by atomic mass is 10.0. The molecule has 3 nitrogen and oxygen atoms in total. The zero-order chi connectivity index (χ0) is 30.2. The first kappa shape index (κ1) is 26.3. The average molecular weight is 691 g/mol. The van der Waals surface area contributed by atoms with Crippen molar-refractivity contribution in [1.29, 1.82) is 0 Å². The number of allylic oxidation sites excluding steroid dienone is 2. The Labute approximate surface area is 272 Å². The van der Waals surface area contributed by atoms with Gasteiger partial charge < -0.3 is 13.6 Å². The fourth-order valence-electron chi connectivity index (χ4n) is 7.19. The third-order valence-electron chi connectivity index (χ3n) is 9.03. The van der Waals surface area contributed by atoms with Crippen molar-refractivity contribution in [2.45, 2.75) is 6.92 Å². The molecule has 0 unspecified atom stereocenters. The number of hydrogen-bond acceptors (Lipinski definition) is 1. The third-order valence-corrected chi connectivity index (χ3v) is 9.75. The van der Waals surface area contributed by atoms with Crippen LogP contribution in [0.25, 0.3) is 89.4 Å². The zero-order valence-electron chi connectivity index (χ0n) is 24.6. The van der Waals surface area contributed by atoms with E-state index in [-0.39, 0.29) is 0 Å². The first-order chi connectivity index (χ1) is 22.2. The molecule has 0 aliphatic heterocycles. The average Bonchev–Trinajstić information content (AvgIpc) is 3.72. The molecular formula is C41H27IN2O. The molecule has 0 aliphatic carbocycles. The second kappa shape index (κ2) is 9.98. The highest BCUT2D eigenvalue weighted by atomic mass is 127. The maximum absolute atomic E-state index is 6.61. The SMILES string of the molecule is C=c1/c(=C\C=C/C)n(-c2ccc(I)cc2)c2c3ccccc3c3c(c4ccccc4n3-c3cccc4c3oc3ccccc34)c12. The van der Waals surface area contributed by atoms with E-state index in [1.165, 1.54) is 36.0 Å². The maximum atomic E-state index is 6.61. The van der Waals surface area contributed by atoms with Crippen LogP contribution in [-0.2, 0) is 0 Å². The van der Waals surface area contributed by atoms with Gasteiger partial charge in [0.25, 0.3) is 0 Å². The molecule has 0 fully saturated rings. The van der Waals surface area contributed by atoms with Gasteiger partial charge in [-0.3, -0.25) is 0 Å². The van der Waals surface area contributed by atoms with Crippen LogP contribution in [0.4, 0.5) is 0 Å². The van der Waals surface area contributed by atoms with E-state index in [1.807, 2.05) is 6.07 Å². The summed E-state index contributed by atoms with van der Waals surface area (Å²) in [5.74, 6) is 0. The van der Waals surface area contributed by atoms with Crippen molar-refractivity contribution in [3.8, 4) is 11.4 Å². The minimum Gasteiger partial charge on any atom is -0.454 e. The second-order valence-corrected chi connectivity index (χ2v) is 12.7. The van der Waals surface area contributed by atoms with E-state index in [4.69, 9.17) is 11.0 Å². The number of hydrogen-bond donors (Lipinski definition) is 0. The summed E-state index contributed by atoms with van der Waals surface area (Å²) in [6.45, 7) is 6.83. The summed E-state index contributed by atoms with van der Waals surface area (Å²) >= 11 is 2.37. The van der Waals surface area contributed by atoms with E-state index in [0.29, 0.717) is 0 Å². The van der Waals surface area contributed by atoms with Crippen molar-refractivity contribution < 1.29 is 4.42 Å². The van der Waals surface area contributed by atoms with Crippen molar-refractivity contribution >= 4 is 101 Å². The normalized spacial score (nSPS) is 12.8. The Kier molecular flexibility index (Phi) is 5.84. The lowest BCUT2D eigenvalue weighted by Crippen LogP contribution is -2.27. The monoisotopic (exact) mass is 690 g/mol. The lowest BCUT2D eigenvalue weighted by Gasteiger charge is -2.13. The zero-order valence-corrected chi connectivity index (χ0v) is 26.7. The smallest absolute Gasteiger partial charge is 0.159 e. The van der Waals surface area contributed by atoms with Crippen molar-refractivity contribution in [2.75, 3.05) is 0 Å².